The second-order valence-electron chi connectivity index (χ2n) is 8.04. The standard InChI is InChI=1S/C18H28N2O/c1-17(2,3)12-18(4,5)20-16(21)10-13-11-19-15-9-7-6-8-14(13)15/h6-9,13,19H,10-12H2,1-5H3,(H,20,21). The Morgan fingerprint density at radius 2 is 1.90 bits per heavy atom. The minimum Gasteiger partial charge on any atom is -0.384 e. The molecule has 116 valence electrons. The number of rotatable bonds is 4. The van der Waals surface area contributed by atoms with Crippen LogP contribution in [0.4, 0.5) is 5.69 Å². The number of nitrogens with one attached hydrogen (secondary N) is 2. The van der Waals surface area contributed by atoms with Gasteiger partial charge < -0.3 is 10.6 Å². The van der Waals surface area contributed by atoms with E-state index in [1.165, 1.54) is 11.3 Å². The van der Waals surface area contributed by atoms with Crippen LogP contribution in [0, 0.1) is 5.41 Å². The van der Waals surface area contributed by atoms with Gasteiger partial charge in [0.1, 0.15) is 0 Å². The van der Waals surface area contributed by atoms with Crippen molar-refractivity contribution >= 4 is 11.6 Å². The first-order valence-corrected chi connectivity index (χ1v) is 7.80. The van der Waals surface area contributed by atoms with Gasteiger partial charge in [0.25, 0.3) is 0 Å². The van der Waals surface area contributed by atoms with Crippen LogP contribution in [0.1, 0.15) is 58.9 Å². The fourth-order valence-corrected chi connectivity index (χ4v) is 3.56. The third-order valence-corrected chi connectivity index (χ3v) is 3.82. The van der Waals surface area contributed by atoms with E-state index in [4.69, 9.17) is 0 Å². The lowest BCUT2D eigenvalue weighted by Gasteiger charge is -2.33. The molecule has 1 heterocycles. The fourth-order valence-electron chi connectivity index (χ4n) is 3.56. The summed E-state index contributed by atoms with van der Waals surface area (Å²) in [7, 11) is 0. The van der Waals surface area contributed by atoms with Gasteiger partial charge in [-0.3, -0.25) is 4.79 Å². The van der Waals surface area contributed by atoms with Gasteiger partial charge in [-0.1, -0.05) is 39.0 Å². The van der Waals surface area contributed by atoms with Crippen LogP contribution in [-0.2, 0) is 4.79 Å². The molecule has 1 aliphatic heterocycles. The number of hydrogen-bond acceptors (Lipinski definition) is 2. The van der Waals surface area contributed by atoms with Gasteiger partial charge >= 0.3 is 0 Å². The van der Waals surface area contributed by atoms with Crippen molar-refractivity contribution < 1.29 is 4.79 Å². The van der Waals surface area contributed by atoms with Gasteiger partial charge in [-0.05, 0) is 37.3 Å². The molecule has 1 aliphatic rings. The first-order valence-electron chi connectivity index (χ1n) is 7.80. The zero-order chi connectivity index (χ0) is 15.7. The lowest BCUT2D eigenvalue weighted by Crippen LogP contribution is -2.46. The topological polar surface area (TPSA) is 41.1 Å². The maximum Gasteiger partial charge on any atom is 0.221 e. The van der Waals surface area contributed by atoms with Gasteiger partial charge in [0.2, 0.25) is 5.91 Å². The Balaban J connectivity index is 1.94. The molecule has 1 aromatic rings. The summed E-state index contributed by atoms with van der Waals surface area (Å²) in [4.78, 5) is 12.4. The quantitative estimate of drug-likeness (QED) is 0.881. The van der Waals surface area contributed by atoms with Crippen LogP contribution < -0.4 is 10.6 Å². The minimum atomic E-state index is -0.166. The SMILES string of the molecule is CC(C)(C)CC(C)(C)NC(=O)CC1CNc2ccccc21. The van der Waals surface area contributed by atoms with E-state index < -0.39 is 0 Å². The maximum absolute atomic E-state index is 12.4. The molecule has 3 nitrogen and oxygen atoms in total. The van der Waals surface area contributed by atoms with Gasteiger partial charge in [0.05, 0.1) is 0 Å². The molecule has 1 unspecified atom stereocenters. The highest BCUT2D eigenvalue weighted by molar-refractivity contribution is 5.78. The average molecular weight is 288 g/mol. The van der Waals surface area contributed by atoms with Crippen LogP contribution in [0.2, 0.25) is 0 Å². The highest BCUT2D eigenvalue weighted by Crippen LogP contribution is 2.33. The number of carbonyl (C=O) groups is 1. The van der Waals surface area contributed by atoms with E-state index in [0.29, 0.717) is 6.42 Å². The second kappa shape index (κ2) is 5.70. The number of anilines is 1. The Labute approximate surface area is 128 Å². The molecule has 0 radical (unpaired) electrons. The lowest BCUT2D eigenvalue weighted by atomic mass is 9.81. The zero-order valence-corrected chi connectivity index (χ0v) is 13.9. The Hall–Kier alpha value is -1.51. The lowest BCUT2D eigenvalue weighted by molar-refractivity contribution is -0.123. The largest absolute Gasteiger partial charge is 0.384 e. The predicted octanol–water partition coefficient (Wildman–Crippen LogP) is 3.92. The molecule has 0 aromatic heterocycles. The summed E-state index contributed by atoms with van der Waals surface area (Å²) in [5.41, 5.74) is 2.48. The van der Waals surface area contributed by atoms with Crippen LogP contribution in [-0.4, -0.2) is 18.0 Å². The molecule has 2 N–H and O–H groups in total. The highest BCUT2D eigenvalue weighted by Gasteiger charge is 2.29. The Morgan fingerprint density at radius 3 is 2.57 bits per heavy atom. The average Bonchev–Trinajstić information content (AvgIpc) is 2.68. The summed E-state index contributed by atoms with van der Waals surface area (Å²) in [6.45, 7) is 11.7. The third-order valence-electron chi connectivity index (χ3n) is 3.82. The van der Waals surface area contributed by atoms with Crippen molar-refractivity contribution in [3.05, 3.63) is 29.8 Å². The van der Waals surface area contributed by atoms with E-state index >= 15 is 0 Å². The maximum atomic E-state index is 12.4. The van der Waals surface area contributed by atoms with Gasteiger partial charge in [-0.25, -0.2) is 0 Å². The molecule has 1 aromatic carbocycles. The van der Waals surface area contributed by atoms with E-state index in [0.717, 1.165) is 13.0 Å². The van der Waals surface area contributed by atoms with Crippen molar-refractivity contribution in [2.75, 3.05) is 11.9 Å². The van der Waals surface area contributed by atoms with Crippen LogP contribution in [0.15, 0.2) is 24.3 Å². The van der Waals surface area contributed by atoms with Crippen LogP contribution >= 0.6 is 0 Å². The smallest absolute Gasteiger partial charge is 0.221 e. The summed E-state index contributed by atoms with van der Waals surface area (Å²) >= 11 is 0. The summed E-state index contributed by atoms with van der Waals surface area (Å²) in [5, 5.41) is 6.58. The molecule has 0 saturated carbocycles. The number of amides is 1. The molecule has 1 amide bonds. The van der Waals surface area contributed by atoms with E-state index in [2.05, 4.69) is 57.4 Å². The van der Waals surface area contributed by atoms with Crippen molar-refractivity contribution in [2.24, 2.45) is 5.41 Å². The molecule has 0 saturated heterocycles. The summed E-state index contributed by atoms with van der Waals surface area (Å²) in [5.74, 6) is 0.430. The Bertz CT molecular complexity index is 514. The normalized spacial score (nSPS) is 18.0. The first kappa shape index (κ1) is 15.9. The summed E-state index contributed by atoms with van der Waals surface area (Å²) in [6, 6.07) is 8.27. The molecular weight excluding hydrogens is 260 g/mol. The van der Waals surface area contributed by atoms with Crippen molar-refractivity contribution in [1.82, 2.24) is 5.32 Å². The van der Waals surface area contributed by atoms with Crippen LogP contribution in [0.3, 0.4) is 0 Å². The van der Waals surface area contributed by atoms with Crippen molar-refractivity contribution in [2.45, 2.75) is 58.9 Å². The molecule has 0 aliphatic carbocycles. The molecular formula is C18H28N2O. The monoisotopic (exact) mass is 288 g/mol. The molecule has 0 bridgehead atoms. The third kappa shape index (κ3) is 4.48. The van der Waals surface area contributed by atoms with E-state index in [1.54, 1.807) is 0 Å². The van der Waals surface area contributed by atoms with Crippen molar-refractivity contribution in [3.63, 3.8) is 0 Å². The number of para-hydroxylation sites is 1. The number of hydrogen-bond donors (Lipinski definition) is 2. The van der Waals surface area contributed by atoms with Crippen molar-refractivity contribution in [3.8, 4) is 0 Å². The summed E-state index contributed by atoms with van der Waals surface area (Å²) in [6.07, 6.45) is 1.52. The first-order chi connectivity index (χ1) is 9.66. The second-order valence-corrected chi connectivity index (χ2v) is 8.04. The molecule has 0 fully saturated rings. The number of carbonyl (C=O) groups excluding carboxylic acids is 1. The van der Waals surface area contributed by atoms with Gasteiger partial charge in [0, 0.05) is 30.1 Å². The van der Waals surface area contributed by atoms with E-state index in [1.807, 2.05) is 12.1 Å². The number of fused-ring (bicyclic) bond motifs is 1. The molecule has 3 heteroatoms. The zero-order valence-electron chi connectivity index (χ0n) is 13.9. The Morgan fingerprint density at radius 1 is 1.24 bits per heavy atom. The predicted molar refractivity (Wildman–Crippen MR) is 88.6 cm³/mol. The molecule has 2 rings (SSSR count). The highest BCUT2D eigenvalue weighted by atomic mass is 16.1. The van der Waals surface area contributed by atoms with Gasteiger partial charge in [-0.2, -0.15) is 0 Å². The minimum absolute atomic E-state index is 0.146. The fraction of sp³-hybridized carbons (Fsp3) is 0.611. The van der Waals surface area contributed by atoms with Crippen LogP contribution in [0.25, 0.3) is 0 Å². The van der Waals surface area contributed by atoms with E-state index in [9.17, 15) is 4.79 Å². The number of benzene rings is 1. The van der Waals surface area contributed by atoms with Crippen molar-refractivity contribution in [1.29, 1.82) is 0 Å². The Kier molecular flexibility index (Phi) is 4.31. The molecule has 21 heavy (non-hydrogen) atoms. The van der Waals surface area contributed by atoms with Crippen LogP contribution in [0.5, 0.6) is 0 Å². The summed E-state index contributed by atoms with van der Waals surface area (Å²) < 4.78 is 0. The van der Waals surface area contributed by atoms with E-state index in [-0.39, 0.29) is 22.8 Å². The molecule has 1 atom stereocenters. The van der Waals surface area contributed by atoms with Gasteiger partial charge in [-0.15, -0.1) is 0 Å². The van der Waals surface area contributed by atoms with Gasteiger partial charge in [0.15, 0.2) is 0 Å². The molecule has 0 spiro atoms.